The van der Waals surface area contributed by atoms with E-state index in [1.165, 1.54) is 12.4 Å². The monoisotopic (exact) mass is 370 g/mol. The third-order valence-electron chi connectivity index (χ3n) is 3.86. The molecule has 1 aromatic carbocycles. The summed E-state index contributed by atoms with van der Waals surface area (Å²) in [6, 6.07) is 4.26. The van der Waals surface area contributed by atoms with Crippen molar-refractivity contribution in [1.29, 1.82) is 0 Å². The van der Waals surface area contributed by atoms with Crippen molar-refractivity contribution in [3.8, 4) is 0 Å². The smallest absolute Gasteiger partial charge is 0.357 e. The van der Waals surface area contributed by atoms with Crippen LogP contribution < -0.4 is 10.2 Å². The highest BCUT2D eigenvalue weighted by atomic mass is 35.5. The van der Waals surface area contributed by atoms with Gasteiger partial charge < -0.3 is 10.2 Å². The van der Waals surface area contributed by atoms with Crippen molar-refractivity contribution >= 4 is 29.0 Å². The molecule has 2 heterocycles. The zero-order chi connectivity index (χ0) is 18.0. The summed E-state index contributed by atoms with van der Waals surface area (Å²) in [4.78, 5) is 22.4. The molecule has 1 fully saturated rings. The predicted octanol–water partition coefficient (Wildman–Crippen LogP) is 4.00. The second kappa shape index (κ2) is 6.87. The topological polar surface area (TPSA) is 58.1 Å². The molecule has 132 valence electrons. The van der Waals surface area contributed by atoms with E-state index in [1.807, 2.05) is 4.90 Å². The Hall–Kier alpha value is -2.35. The number of nitrogens with one attached hydrogen (secondary N) is 1. The first-order valence-electron chi connectivity index (χ1n) is 7.60. The first-order valence-corrected chi connectivity index (χ1v) is 7.97. The van der Waals surface area contributed by atoms with Gasteiger partial charge in [-0.05, 0) is 31.0 Å². The van der Waals surface area contributed by atoms with E-state index in [-0.39, 0.29) is 16.4 Å². The van der Waals surface area contributed by atoms with E-state index < -0.39 is 17.6 Å². The summed E-state index contributed by atoms with van der Waals surface area (Å²) in [5.74, 6) is -0.0307. The van der Waals surface area contributed by atoms with Gasteiger partial charge >= 0.3 is 6.18 Å². The maximum atomic E-state index is 12.8. The fraction of sp³-hybridized carbons (Fsp3) is 0.312. The zero-order valence-corrected chi connectivity index (χ0v) is 13.7. The van der Waals surface area contributed by atoms with Crippen molar-refractivity contribution in [2.75, 3.05) is 23.3 Å². The number of aromatic nitrogens is 2. The number of hydrogen-bond donors (Lipinski definition) is 1. The lowest BCUT2D eigenvalue weighted by Crippen LogP contribution is -2.21. The van der Waals surface area contributed by atoms with Crippen LogP contribution in [-0.2, 0) is 6.18 Å². The number of benzene rings is 1. The number of carbonyl (C=O) groups is 1. The number of halogens is 4. The van der Waals surface area contributed by atoms with Gasteiger partial charge in [0.25, 0.3) is 5.91 Å². The summed E-state index contributed by atoms with van der Waals surface area (Å²) in [5.41, 5.74) is -0.958. The number of hydrogen-bond acceptors (Lipinski definition) is 4. The molecule has 1 N–H and O–H groups in total. The molecule has 0 aliphatic carbocycles. The summed E-state index contributed by atoms with van der Waals surface area (Å²) in [6.07, 6.45) is -1.17. The standard InChI is InChI=1S/C16H14ClF3N4O/c17-11-4-3-10(16(18,19)20)7-12(11)23-15(25)13-8-14(22-9-21-13)24-5-1-2-6-24/h3-4,7-9H,1-2,5-6H2,(H,23,25). The molecule has 3 rings (SSSR count). The van der Waals surface area contributed by atoms with Gasteiger partial charge in [-0.3, -0.25) is 4.79 Å². The SMILES string of the molecule is O=C(Nc1cc(C(F)(F)F)ccc1Cl)c1cc(N2CCCC2)ncn1. The molecule has 1 aliphatic heterocycles. The Bertz CT molecular complexity index is 791. The first-order chi connectivity index (χ1) is 11.8. The molecule has 1 saturated heterocycles. The molecular formula is C16H14ClF3N4O. The van der Waals surface area contributed by atoms with Gasteiger partial charge in [0, 0.05) is 19.2 Å². The molecule has 5 nitrogen and oxygen atoms in total. The number of carbonyl (C=O) groups excluding carboxylic acids is 1. The van der Waals surface area contributed by atoms with Crippen LogP contribution >= 0.6 is 11.6 Å². The third kappa shape index (κ3) is 4.01. The normalized spacial score (nSPS) is 14.6. The summed E-state index contributed by atoms with van der Waals surface area (Å²) >= 11 is 5.89. The molecule has 0 atom stereocenters. The van der Waals surface area contributed by atoms with Crippen LogP contribution in [0.15, 0.2) is 30.6 Å². The fourth-order valence-electron chi connectivity index (χ4n) is 2.57. The Morgan fingerprint density at radius 1 is 1.16 bits per heavy atom. The van der Waals surface area contributed by atoms with E-state index in [4.69, 9.17) is 11.6 Å². The van der Waals surface area contributed by atoms with Crippen LogP contribution in [0.4, 0.5) is 24.7 Å². The Balaban J connectivity index is 1.82. The molecule has 0 spiro atoms. The van der Waals surface area contributed by atoms with Crippen LogP contribution in [0.25, 0.3) is 0 Å². The summed E-state index contributed by atoms with van der Waals surface area (Å²) in [5, 5.41) is 2.39. The van der Waals surface area contributed by atoms with Crippen molar-refractivity contribution < 1.29 is 18.0 Å². The first kappa shape index (κ1) is 17.5. The molecule has 0 unspecified atom stereocenters. The van der Waals surface area contributed by atoms with Crippen molar-refractivity contribution in [1.82, 2.24) is 9.97 Å². The average molecular weight is 371 g/mol. The lowest BCUT2D eigenvalue weighted by atomic mass is 10.2. The van der Waals surface area contributed by atoms with Gasteiger partial charge in [0.15, 0.2) is 0 Å². The molecule has 25 heavy (non-hydrogen) atoms. The molecule has 9 heteroatoms. The van der Waals surface area contributed by atoms with Crippen LogP contribution in [0.2, 0.25) is 5.02 Å². The van der Waals surface area contributed by atoms with Gasteiger partial charge in [-0.1, -0.05) is 11.6 Å². The maximum absolute atomic E-state index is 12.8. The van der Waals surface area contributed by atoms with Crippen molar-refractivity contribution in [2.45, 2.75) is 19.0 Å². The van der Waals surface area contributed by atoms with Gasteiger partial charge in [-0.25, -0.2) is 9.97 Å². The molecule has 0 radical (unpaired) electrons. The zero-order valence-electron chi connectivity index (χ0n) is 13.0. The van der Waals surface area contributed by atoms with E-state index in [2.05, 4.69) is 15.3 Å². The van der Waals surface area contributed by atoms with Crippen LogP contribution in [0, 0.1) is 0 Å². The number of alkyl halides is 3. The summed E-state index contributed by atoms with van der Waals surface area (Å²) < 4.78 is 38.4. The quantitative estimate of drug-likeness (QED) is 0.887. The minimum atomic E-state index is -4.53. The van der Waals surface area contributed by atoms with Gasteiger partial charge in [0.1, 0.15) is 17.8 Å². The van der Waals surface area contributed by atoms with E-state index in [0.717, 1.165) is 44.1 Å². The highest BCUT2D eigenvalue weighted by Crippen LogP contribution is 2.34. The largest absolute Gasteiger partial charge is 0.416 e. The van der Waals surface area contributed by atoms with Gasteiger partial charge in [-0.15, -0.1) is 0 Å². The van der Waals surface area contributed by atoms with E-state index in [1.54, 1.807) is 0 Å². The van der Waals surface area contributed by atoms with Crippen LogP contribution in [0.3, 0.4) is 0 Å². The Labute approximate surface area is 146 Å². The number of anilines is 2. The Morgan fingerprint density at radius 2 is 1.88 bits per heavy atom. The Kier molecular flexibility index (Phi) is 4.80. The third-order valence-corrected chi connectivity index (χ3v) is 4.19. The minimum absolute atomic E-state index is 0.00942. The van der Waals surface area contributed by atoms with Gasteiger partial charge in [-0.2, -0.15) is 13.2 Å². The van der Waals surface area contributed by atoms with Crippen molar-refractivity contribution in [3.05, 3.63) is 46.9 Å². The lowest BCUT2D eigenvalue weighted by Gasteiger charge is -2.16. The molecular weight excluding hydrogens is 357 g/mol. The Morgan fingerprint density at radius 3 is 2.56 bits per heavy atom. The minimum Gasteiger partial charge on any atom is -0.357 e. The van der Waals surface area contributed by atoms with Crippen molar-refractivity contribution in [2.24, 2.45) is 0 Å². The molecule has 0 saturated carbocycles. The average Bonchev–Trinajstić information content (AvgIpc) is 3.10. The molecule has 2 aromatic rings. The van der Waals surface area contributed by atoms with Crippen LogP contribution in [0.1, 0.15) is 28.9 Å². The fourth-order valence-corrected chi connectivity index (χ4v) is 2.74. The summed E-state index contributed by atoms with van der Waals surface area (Å²) in [6.45, 7) is 1.69. The molecule has 1 aliphatic rings. The maximum Gasteiger partial charge on any atom is 0.416 e. The molecule has 1 aromatic heterocycles. The second-order valence-corrected chi connectivity index (χ2v) is 6.01. The molecule has 0 bridgehead atoms. The number of nitrogens with zero attached hydrogens (tertiary/aromatic N) is 3. The van der Waals surface area contributed by atoms with E-state index >= 15 is 0 Å². The summed E-state index contributed by atoms with van der Waals surface area (Å²) in [7, 11) is 0. The molecule has 1 amide bonds. The predicted molar refractivity (Wildman–Crippen MR) is 87.9 cm³/mol. The van der Waals surface area contributed by atoms with Gasteiger partial charge in [0.05, 0.1) is 16.3 Å². The number of amides is 1. The van der Waals surface area contributed by atoms with Gasteiger partial charge in [0.2, 0.25) is 0 Å². The highest BCUT2D eigenvalue weighted by Gasteiger charge is 2.31. The second-order valence-electron chi connectivity index (χ2n) is 5.60. The van der Waals surface area contributed by atoms with E-state index in [0.29, 0.717) is 5.82 Å². The van der Waals surface area contributed by atoms with Crippen molar-refractivity contribution in [3.63, 3.8) is 0 Å². The highest BCUT2D eigenvalue weighted by molar-refractivity contribution is 6.33. The van der Waals surface area contributed by atoms with Crippen LogP contribution in [-0.4, -0.2) is 29.0 Å². The lowest BCUT2D eigenvalue weighted by molar-refractivity contribution is -0.137. The number of rotatable bonds is 3. The van der Waals surface area contributed by atoms with Crippen LogP contribution in [0.5, 0.6) is 0 Å². The van der Waals surface area contributed by atoms with E-state index in [9.17, 15) is 18.0 Å².